The lowest BCUT2D eigenvalue weighted by atomic mass is 9.88. The van der Waals surface area contributed by atoms with E-state index in [1.807, 2.05) is 27.8 Å². The molecule has 1 saturated carbocycles. The van der Waals surface area contributed by atoms with Crippen LogP contribution in [0, 0.1) is 13.8 Å². The number of aryl methyl sites for hydroxylation is 2. The maximum atomic E-state index is 9.61. The summed E-state index contributed by atoms with van der Waals surface area (Å²) in [5.41, 5.74) is 1.88. The summed E-state index contributed by atoms with van der Waals surface area (Å²) < 4.78 is 13.2. The summed E-state index contributed by atoms with van der Waals surface area (Å²) in [6.45, 7) is 6.41. The number of nitrogens with zero attached hydrogens (tertiary/aromatic N) is 2. The highest BCUT2D eigenvalue weighted by Gasteiger charge is 2.43. The van der Waals surface area contributed by atoms with Gasteiger partial charge in [-0.3, -0.25) is 4.68 Å². The predicted molar refractivity (Wildman–Crippen MR) is 63.1 cm³/mol. The molecule has 1 heterocycles. The Kier molecular flexibility index (Phi) is 3.40. The highest BCUT2D eigenvalue weighted by Crippen LogP contribution is 2.31. The Labute approximate surface area is 101 Å². The van der Waals surface area contributed by atoms with Gasteiger partial charge in [0.05, 0.1) is 11.8 Å². The van der Waals surface area contributed by atoms with Crippen LogP contribution in [-0.2, 0) is 11.8 Å². The van der Waals surface area contributed by atoms with Crippen molar-refractivity contribution < 1.29 is 14.6 Å². The maximum Gasteiger partial charge on any atom is 0.163 e. The van der Waals surface area contributed by atoms with Crippen molar-refractivity contribution in [3.63, 3.8) is 0 Å². The van der Waals surface area contributed by atoms with Gasteiger partial charge in [0.2, 0.25) is 0 Å². The molecule has 1 aromatic heterocycles. The first-order chi connectivity index (χ1) is 8.04. The van der Waals surface area contributed by atoms with Crippen molar-refractivity contribution >= 4 is 0 Å². The first-order valence-corrected chi connectivity index (χ1v) is 6.01. The maximum absolute atomic E-state index is 9.61. The zero-order valence-corrected chi connectivity index (χ0v) is 10.8. The number of hydrogen-bond donors (Lipinski definition) is 1. The Hall–Kier alpha value is -1.07. The Morgan fingerprint density at radius 2 is 2.18 bits per heavy atom. The summed E-state index contributed by atoms with van der Waals surface area (Å²) in [6.07, 6.45) is -0.0545. The molecule has 0 radical (unpaired) electrons. The Morgan fingerprint density at radius 1 is 1.47 bits per heavy atom. The summed E-state index contributed by atoms with van der Waals surface area (Å²) >= 11 is 0. The second kappa shape index (κ2) is 4.66. The molecule has 0 saturated heterocycles. The fraction of sp³-hybridized carbons (Fsp3) is 0.750. The number of aliphatic hydroxyl groups is 1. The van der Waals surface area contributed by atoms with Crippen LogP contribution in [0.1, 0.15) is 24.7 Å². The SMILES string of the molecule is CCOC1C(O)CC1Oc1c(C)nn(C)c1C. The largest absolute Gasteiger partial charge is 0.484 e. The summed E-state index contributed by atoms with van der Waals surface area (Å²) in [5.74, 6) is 0.814. The van der Waals surface area contributed by atoms with Crippen molar-refractivity contribution in [3.05, 3.63) is 11.4 Å². The normalized spacial score (nSPS) is 27.9. The van der Waals surface area contributed by atoms with Crippen molar-refractivity contribution in [2.75, 3.05) is 6.61 Å². The lowest BCUT2D eigenvalue weighted by Crippen LogP contribution is -2.55. The zero-order valence-electron chi connectivity index (χ0n) is 10.8. The molecule has 0 spiro atoms. The van der Waals surface area contributed by atoms with Gasteiger partial charge in [-0.15, -0.1) is 0 Å². The number of ether oxygens (including phenoxy) is 2. The summed E-state index contributed by atoms with van der Waals surface area (Å²) in [4.78, 5) is 0. The molecule has 0 aromatic carbocycles. The number of aromatic nitrogens is 2. The predicted octanol–water partition coefficient (Wildman–Crippen LogP) is 0.954. The average molecular weight is 240 g/mol. The molecular weight excluding hydrogens is 220 g/mol. The van der Waals surface area contributed by atoms with Crippen molar-refractivity contribution in [3.8, 4) is 5.75 Å². The molecule has 1 aromatic rings. The molecule has 0 aliphatic heterocycles. The molecule has 1 N–H and O–H groups in total. The Morgan fingerprint density at radius 3 is 2.65 bits per heavy atom. The van der Waals surface area contributed by atoms with Crippen LogP contribution in [0.5, 0.6) is 5.75 Å². The number of aliphatic hydroxyl groups excluding tert-OH is 1. The van der Waals surface area contributed by atoms with Crippen LogP contribution in [0.2, 0.25) is 0 Å². The van der Waals surface area contributed by atoms with Crippen LogP contribution in [0.25, 0.3) is 0 Å². The van der Waals surface area contributed by atoms with Crippen molar-refractivity contribution in [2.24, 2.45) is 7.05 Å². The van der Waals surface area contributed by atoms with Gasteiger partial charge >= 0.3 is 0 Å². The van der Waals surface area contributed by atoms with Gasteiger partial charge in [-0.25, -0.2) is 0 Å². The van der Waals surface area contributed by atoms with E-state index in [1.165, 1.54) is 0 Å². The third kappa shape index (κ3) is 2.17. The summed E-state index contributed by atoms with van der Waals surface area (Å²) in [7, 11) is 1.89. The highest BCUT2D eigenvalue weighted by molar-refractivity contribution is 5.32. The van der Waals surface area contributed by atoms with E-state index in [4.69, 9.17) is 9.47 Å². The van der Waals surface area contributed by atoms with Crippen LogP contribution in [0.3, 0.4) is 0 Å². The van der Waals surface area contributed by atoms with E-state index < -0.39 is 6.10 Å². The van der Waals surface area contributed by atoms with Crippen LogP contribution in [-0.4, -0.2) is 39.8 Å². The lowest BCUT2D eigenvalue weighted by molar-refractivity contribution is -0.160. The van der Waals surface area contributed by atoms with E-state index in [1.54, 1.807) is 4.68 Å². The molecule has 0 amide bonds. The van der Waals surface area contributed by atoms with Gasteiger partial charge in [-0.1, -0.05) is 0 Å². The third-order valence-corrected chi connectivity index (χ3v) is 3.29. The molecule has 2 rings (SSSR count). The minimum Gasteiger partial charge on any atom is -0.484 e. The molecule has 1 aliphatic rings. The van der Waals surface area contributed by atoms with E-state index in [-0.39, 0.29) is 12.2 Å². The van der Waals surface area contributed by atoms with Gasteiger partial charge in [-0.05, 0) is 20.8 Å². The number of rotatable bonds is 4. The molecule has 1 aliphatic carbocycles. The quantitative estimate of drug-likeness (QED) is 0.851. The van der Waals surface area contributed by atoms with Gasteiger partial charge in [0.25, 0.3) is 0 Å². The molecule has 96 valence electrons. The van der Waals surface area contributed by atoms with Gasteiger partial charge in [0, 0.05) is 20.1 Å². The molecule has 3 atom stereocenters. The monoisotopic (exact) mass is 240 g/mol. The van der Waals surface area contributed by atoms with E-state index in [9.17, 15) is 5.11 Å². The summed E-state index contributed by atoms with van der Waals surface area (Å²) in [5, 5.41) is 13.9. The zero-order chi connectivity index (χ0) is 12.6. The van der Waals surface area contributed by atoms with Crippen molar-refractivity contribution in [1.82, 2.24) is 9.78 Å². The minimum absolute atomic E-state index is 0.0634. The minimum atomic E-state index is -0.405. The highest BCUT2D eigenvalue weighted by atomic mass is 16.6. The van der Waals surface area contributed by atoms with Gasteiger partial charge in [0.1, 0.15) is 17.9 Å². The van der Waals surface area contributed by atoms with Crippen molar-refractivity contribution in [2.45, 2.75) is 45.5 Å². The fourth-order valence-electron chi connectivity index (χ4n) is 2.16. The van der Waals surface area contributed by atoms with Crippen LogP contribution in [0.15, 0.2) is 0 Å². The molecule has 1 fully saturated rings. The van der Waals surface area contributed by atoms with Crippen LogP contribution < -0.4 is 4.74 Å². The lowest BCUT2D eigenvalue weighted by Gasteiger charge is -2.40. The molecule has 17 heavy (non-hydrogen) atoms. The molecule has 3 unspecified atom stereocenters. The third-order valence-electron chi connectivity index (χ3n) is 3.29. The van der Waals surface area contributed by atoms with E-state index in [0.717, 1.165) is 17.1 Å². The van der Waals surface area contributed by atoms with Crippen LogP contribution >= 0.6 is 0 Å². The second-order valence-corrected chi connectivity index (χ2v) is 4.50. The number of hydrogen-bond acceptors (Lipinski definition) is 4. The molecular formula is C12H20N2O3. The standard InChI is InChI=1S/C12H20N2O3/c1-5-16-12-9(15)6-10(12)17-11-7(2)13-14(4)8(11)3/h9-10,12,15H,5-6H2,1-4H3. The van der Waals surface area contributed by atoms with Gasteiger partial charge < -0.3 is 14.6 Å². The smallest absolute Gasteiger partial charge is 0.163 e. The Balaban J connectivity index is 2.06. The molecule has 0 bridgehead atoms. The van der Waals surface area contributed by atoms with Gasteiger partial charge in [0.15, 0.2) is 5.75 Å². The fourth-order valence-corrected chi connectivity index (χ4v) is 2.16. The van der Waals surface area contributed by atoms with E-state index in [0.29, 0.717) is 13.0 Å². The topological polar surface area (TPSA) is 56.5 Å². The molecule has 5 nitrogen and oxygen atoms in total. The van der Waals surface area contributed by atoms with Crippen molar-refractivity contribution in [1.29, 1.82) is 0 Å². The second-order valence-electron chi connectivity index (χ2n) is 4.50. The molecule has 5 heteroatoms. The first kappa shape index (κ1) is 12.4. The van der Waals surface area contributed by atoms with Gasteiger partial charge in [-0.2, -0.15) is 5.10 Å². The Bertz CT molecular complexity index is 403. The van der Waals surface area contributed by atoms with Crippen LogP contribution in [0.4, 0.5) is 0 Å². The summed E-state index contributed by atoms with van der Waals surface area (Å²) in [6, 6.07) is 0. The average Bonchev–Trinajstić information content (AvgIpc) is 2.52. The first-order valence-electron chi connectivity index (χ1n) is 6.01. The van der Waals surface area contributed by atoms with E-state index >= 15 is 0 Å². The van der Waals surface area contributed by atoms with E-state index in [2.05, 4.69) is 5.10 Å².